The molecule has 0 spiro atoms. The maximum absolute atomic E-state index is 14.1. The number of allylic oxidation sites excluding steroid dienone is 2. The third kappa shape index (κ3) is 14.1. The first kappa shape index (κ1) is 77.4. The largest absolute Gasteiger partial charge is 0.481 e. The van der Waals surface area contributed by atoms with Crippen molar-refractivity contribution in [2.24, 2.45) is 51.2 Å². The first-order valence-electron chi connectivity index (χ1n) is 34.4. The van der Waals surface area contributed by atoms with Gasteiger partial charge in [0.15, 0.2) is 37.7 Å². The van der Waals surface area contributed by atoms with Gasteiger partial charge in [-0.15, -0.1) is 0 Å². The van der Waals surface area contributed by atoms with Gasteiger partial charge in [-0.1, -0.05) is 71.8 Å². The lowest BCUT2D eigenvalue weighted by Crippen LogP contribution is -2.67. The number of fused-ring (bicyclic) bond motifs is 4. The summed E-state index contributed by atoms with van der Waals surface area (Å²) in [6.45, 7) is 13.8. The van der Waals surface area contributed by atoms with E-state index in [2.05, 4.69) is 55.0 Å². The summed E-state index contributed by atoms with van der Waals surface area (Å²) in [4.78, 5) is 14.1. The molecular weight excluding hydrogens is 1290 g/mol. The quantitative estimate of drug-likeness (QED) is 0.0437. The number of aliphatic hydroxyl groups excluding tert-OH is 17. The third-order valence-corrected chi connectivity index (χ3v) is 24.3. The Morgan fingerprint density at radius 2 is 1.02 bits per heavy atom. The second kappa shape index (κ2) is 30.9. The molecule has 0 bridgehead atoms. The van der Waals surface area contributed by atoms with Gasteiger partial charge in [0.2, 0.25) is 0 Å². The monoisotopic (exact) mass is 1400 g/mol. The van der Waals surface area contributed by atoms with Gasteiger partial charge < -0.3 is 149 Å². The summed E-state index contributed by atoms with van der Waals surface area (Å²) in [5, 5.41) is 198. The summed E-state index contributed by atoms with van der Waals surface area (Å²) in [6, 6.07) is 0. The van der Waals surface area contributed by atoms with Crippen molar-refractivity contribution in [1.29, 1.82) is 0 Å². The Labute approximate surface area is 563 Å². The average molecular weight is 1400 g/mol. The van der Waals surface area contributed by atoms with E-state index in [1.54, 1.807) is 0 Å². The van der Waals surface area contributed by atoms with Crippen molar-refractivity contribution in [3.05, 3.63) is 23.3 Å². The molecule has 10 aliphatic rings. The van der Waals surface area contributed by atoms with Crippen molar-refractivity contribution in [3.8, 4) is 0 Å². The molecule has 31 heteroatoms. The van der Waals surface area contributed by atoms with Crippen LogP contribution in [0.25, 0.3) is 0 Å². The lowest BCUT2D eigenvalue weighted by molar-refractivity contribution is -0.401. The summed E-state index contributed by atoms with van der Waals surface area (Å²) >= 11 is 0. The van der Waals surface area contributed by atoms with E-state index in [1.165, 1.54) is 11.1 Å². The Morgan fingerprint density at radius 3 is 1.65 bits per heavy atom. The van der Waals surface area contributed by atoms with E-state index in [0.29, 0.717) is 38.0 Å². The maximum Gasteiger partial charge on any atom is 0.314 e. The smallest absolute Gasteiger partial charge is 0.314 e. The van der Waals surface area contributed by atoms with Crippen LogP contribution < -0.4 is 0 Å². The molecule has 0 radical (unpaired) electrons. The molecule has 35 atom stereocenters. The van der Waals surface area contributed by atoms with Crippen molar-refractivity contribution < 1.29 is 154 Å². The lowest BCUT2D eigenvalue weighted by atomic mass is 9.43. The van der Waals surface area contributed by atoms with Gasteiger partial charge in [0.05, 0.1) is 70.0 Å². The molecule has 18 N–H and O–H groups in total. The van der Waals surface area contributed by atoms with Crippen LogP contribution in [-0.4, -0.2) is 316 Å². The molecule has 6 aliphatic heterocycles. The SMILES string of the molecule is C=C(CC[C@@H](C)[C@H]1CC[C@@]2(C(=O)O)C3=C(CC[C@]12C)[C@@]1(C)CC[C@H](O[C@@H]2OC[C@H](O)[C@H](O[C@@H]4O[C@H](CO)[C@H](CO)[C@H](O[C@@H]5O[C@H](CO)[C@H](O[C@@H]6O[C@H](CO)[C@@H](O)[C@H](O)[C@H]6O[C@@H]6OC[C@@H](O)[C@H](O)[C@H]6O)[C@H](O)[C@H]5O)[C@H]4O)[C@H]2O[C@@H]2O[C@H](CO)[C@H](O)[C@H](O)[C@H]2O)C(C)(C)[C@@H]1CC3)C(C)C. The fourth-order valence-electron chi connectivity index (χ4n) is 18.4. The van der Waals surface area contributed by atoms with E-state index in [4.69, 9.17) is 56.8 Å². The molecule has 0 aromatic rings. The summed E-state index contributed by atoms with van der Waals surface area (Å²) in [5.74, 6) is -1.39. The maximum atomic E-state index is 14.1. The van der Waals surface area contributed by atoms with Gasteiger partial charge in [-0.25, -0.2) is 0 Å². The highest BCUT2D eigenvalue weighted by molar-refractivity contribution is 5.82. The number of carbonyl (C=O) groups is 1. The van der Waals surface area contributed by atoms with Crippen LogP contribution >= 0.6 is 0 Å². The molecule has 0 amide bonds. The molecule has 2 saturated carbocycles. The number of hydrogen-bond donors (Lipinski definition) is 18. The van der Waals surface area contributed by atoms with Crippen LogP contribution in [0.5, 0.6) is 0 Å². The molecule has 4 aliphatic carbocycles. The number of aliphatic carboxylic acids is 1. The van der Waals surface area contributed by atoms with Crippen molar-refractivity contribution >= 4 is 5.97 Å². The minimum absolute atomic E-state index is 0.0685. The topological polar surface area (TPSA) is 492 Å². The van der Waals surface area contributed by atoms with Crippen LogP contribution in [0.2, 0.25) is 0 Å². The molecular formula is C66H108O31. The number of aliphatic hydroxyl groups is 17. The molecule has 0 aromatic heterocycles. The predicted octanol–water partition coefficient (Wildman–Crippen LogP) is -3.74. The van der Waals surface area contributed by atoms with E-state index in [-0.39, 0.29) is 17.8 Å². The Morgan fingerprint density at radius 1 is 0.495 bits per heavy atom. The zero-order valence-electron chi connectivity index (χ0n) is 56.1. The van der Waals surface area contributed by atoms with Gasteiger partial charge >= 0.3 is 5.97 Å². The highest BCUT2D eigenvalue weighted by Gasteiger charge is 2.69. The van der Waals surface area contributed by atoms with E-state index < -0.39 is 252 Å². The minimum atomic E-state index is -2.21. The zero-order chi connectivity index (χ0) is 70.9. The second-order valence-electron chi connectivity index (χ2n) is 30.2. The average Bonchev–Trinajstić information content (AvgIpc) is 1.63. The number of rotatable bonds is 23. The van der Waals surface area contributed by atoms with Crippen LogP contribution in [0.1, 0.15) is 113 Å². The fraction of sp³-hybridized carbons (Fsp3) is 0.924. The van der Waals surface area contributed by atoms with Crippen LogP contribution in [0.15, 0.2) is 23.3 Å². The molecule has 97 heavy (non-hydrogen) atoms. The van der Waals surface area contributed by atoms with Crippen LogP contribution in [0.3, 0.4) is 0 Å². The highest BCUT2D eigenvalue weighted by atomic mass is 16.8. The van der Waals surface area contributed by atoms with Crippen molar-refractivity contribution in [2.45, 2.75) is 285 Å². The zero-order valence-corrected chi connectivity index (χ0v) is 56.1. The van der Waals surface area contributed by atoms with Crippen LogP contribution in [-0.2, 0) is 61.6 Å². The van der Waals surface area contributed by atoms with Gasteiger partial charge in [0, 0.05) is 5.92 Å². The van der Waals surface area contributed by atoms with E-state index >= 15 is 0 Å². The number of ether oxygens (including phenoxy) is 12. The molecule has 10 rings (SSSR count). The van der Waals surface area contributed by atoms with E-state index in [1.807, 2.05) is 0 Å². The Bertz CT molecular complexity index is 2670. The normalized spacial score (nSPS) is 49.8. The van der Waals surface area contributed by atoms with Gasteiger partial charge in [-0.2, -0.15) is 0 Å². The van der Waals surface area contributed by atoms with Crippen LogP contribution in [0, 0.1) is 51.2 Å². The van der Waals surface area contributed by atoms with Crippen molar-refractivity contribution in [1.82, 2.24) is 0 Å². The second-order valence-corrected chi connectivity index (χ2v) is 30.2. The van der Waals surface area contributed by atoms with Gasteiger partial charge in [0.25, 0.3) is 0 Å². The molecule has 31 nitrogen and oxygen atoms in total. The molecule has 0 unspecified atom stereocenters. The Kier molecular flexibility index (Phi) is 24.6. The van der Waals surface area contributed by atoms with Gasteiger partial charge in [0.1, 0.15) is 116 Å². The molecule has 8 fully saturated rings. The standard InChI is InChI=1S/C66H108O31/c1-26(2)27(3)9-10-28(4)30-14-18-66(62(84)85)32-11-12-39-63(5,6)40(15-16-64(39,7)31(32)13-17-65(30,66)8)92-60-55(97-57-48(81)44(77)42(75)36(21-69)89-57)52(34(73)25-87-60)94-59-50(83)51(29(19-67)35(20-68)88-59)93-58-49(82)46(79)53(38(23-71)91-58)95-61-54(45(78)43(76)37(22-70)90-61)96-56-47(80)41(74)33(72)24-86-56/h26,28-30,33-61,67-83H,3,9-25H2,1-2,4-8H3,(H,84,85)/t28-,29+,30-,33-,34+,35-,36-,37-,38-,39+,40+,41+,42+,43-,44+,45+,46-,47-,48-,49-,50-,51+,52+,53+,54-,55-,56+,57+,58+,59+,60+,61+,64-,65-,66+/m1/s1. The first-order valence-corrected chi connectivity index (χ1v) is 34.4. The number of hydrogen-bond acceptors (Lipinski definition) is 30. The summed E-state index contributed by atoms with van der Waals surface area (Å²) < 4.78 is 73.0. The summed E-state index contributed by atoms with van der Waals surface area (Å²) in [6.07, 6.45) is -43.4. The summed E-state index contributed by atoms with van der Waals surface area (Å²) in [5.41, 5.74) is 0.790. The molecule has 0 aromatic carbocycles. The predicted molar refractivity (Wildman–Crippen MR) is 328 cm³/mol. The summed E-state index contributed by atoms with van der Waals surface area (Å²) in [7, 11) is 0. The Balaban J connectivity index is 0.888. The molecule has 6 saturated heterocycles. The number of carboxylic acids is 1. The number of carboxylic acid groups (broad SMARTS) is 1. The third-order valence-electron chi connectivity index (χ3n) is 24.3. The van der Waals surface area contributed by atoms with E-state index in [9.17, 15) is 96.7 Å². The van der Waals surface area contributed by atoms with Gasteiger partial charge in [-0.3, -0.25) is 4.79 Å². The highest BCUT2D eigenvalue weighted by Crippen LogP contribution is 2.73. The fourth-order valence-corrected chi connectivity index (χ4v) is 18.4. The Hall–Kier alpha value is -2.21. The molecule has 558 valence electrons. The minimum Gasteiger partial charge on any atom is -0.481 e. The van der Waals surface area contributed by atoms with Crippen LogP contribution in [0.4, 0.5) is 0 Å². The first-order chi connectivity index (χ1) is 45.8. The van der Waals surface area contributed by atoms with Crippen molar-refractivity contribution in [3.63, 3.8) is 0 Å². The van der Waals surface area contributed by atoms with Gasteiger partial charge in [-0.05, 0) is 104 Å². The van der Waals surface area contributed by atoms with Crippen molar-refractivity contribution in [2.75, 3.05) is 46.2 Å². The lowest BCUT2D eigenvalue weighted by Gasteiger charge is -2.62. The molecule has 6 heterocycles. The van der Waals surface area contributed by atoms with E-state index in [0.717, 1.165) is 37.7 Å².